The summed E-state index contributed by atoms with van der Waals surface area (Å²) in [5.74, 6) is 0.460. The minimum Gasteiger partial charge on any atom is -0.458 e. The molecule has 0 saturated heterocycles. The number of ether oxygens (including phenoxy) is 1. The lowest BCUT2D eigenvalue weighted by Crippen LogP contribution is -2.11. The summed E-state index contributed by atoms with van der Waals surface area (Å²) in [5, 5.41) is 0. The molecule has 2 heterocycles. The maximum absolute atomic E-state index is 11.0. The van der Waals surface area contributed by atoms with Crippen LogP contribution in [0.3, 0.4) is 0 Å². The molecule has 0 radical (unpaired) electrons. The molecule has 0 N–H and O–H groups in total. The monoisotopic (exact) mass is 339 g/mol. The molecule has 0 bridgehead atoms. The van der Waals surface area contributed by atoms with Crippen molar-refractivity contribution in [2.45, 2.75) is 46.3 Å². The highest BCUT2D eigenvalue weighted by atomic mass is 79.9. The van der Waals surface area contributed by atoms with E-state index in [1.807, 2.05) is 6.07 Å². The van der Waals surface area contributed by atoms with Gasteiger partial charge in [0.25, 0.3) is 0 Å². The molecule has 20 heavy (non-hydrogen) atoms. The van der Waals surface area contributed by atoms with Gasteiger partial charge in [-0.3, -0.25) is 4.79 Å². The quantitative estimate of drug-likeness (QED) is 0.616. The predicted octanol–water partition coefficient (Wildman–Crippen LogP) is 3.62. The first-order valence-electron chi connectivity index (χ1n) is 6.68. The molecule has 0 aromatic carbocycles. The fourth-order valence-electron chi connectivity index (χ4n) is 2.33. The number of hydrogen-bond donors (Lipinski definition) is 0. The van der Waals surface area contributed by atoms with Gasteiger partial charge in [0.15, 0.2) is 0 Å². The summed E-state index contributed by atoms with van der Waals surface area (Å²) in [6, 6.07) is 2.25. The number of aromatic nitrogens is 3. The summed E-state index contributed by atoms with van der Waals surface area (Å²) in [4.78, 5) is 19.7. The van der Waals surface area contributed by atoms with Crippen LogP contribution in [-0.4, -0.2) is 20.5 Å². The Hall–Kier alpha value is -1.43. The number of carbonyl (C=O) groups excluding carboxylic acids is 1. The van der Waals surface area contributed by atoms with Crippen molar-refractivity contribution in [3.8, 4) is 0 Å². The number of pyridine rings is 1. The third-order valence-corrected chi connectivity index (χ3v) is 3.60. The van der Waals surface area contributed by atoms with Crippen molar-refractivity contribution < 1.29 is 9.53 Å². The lowest BCUT2D eigenvalue weighted by Gasteiger charge is -2.16. The summed E-state index contributed by atoms with van der Waals surface area (Å²) in [6.07, 6.45) is 3.85. The second-order valence-corrected chi connectivity index (χ2v) is 5.62. The van der Waals surface area contributed by atoms with E-state index in [9.17, 15) is 4.79 Å². The van der Waals surface area contributed by atoms with E-state index in [1.54, 1.807) is 6.20 Å². The first-order chi connectivity index (χ1) is 9.52. The largest absolute Gasteiger partial charge is 0.458 e. The van der Waals surface area contributed by atoms with Gasteiger partial charge >= 0.3 is 5.97 Å². The second kappa shape index (κ2) is 6.35. The summed E-state index contributed by atoms with van der Waals surface area (Å²) in [6.45, 7) is 5.89. The van der Waals surface area contributed by atoms with E-state index in [0.29, 0.717) is 6.04 Å². The van der Waals surface area contributed by atoms with Crippen molar-refractivity contribution in [1.82, 2.24) is 14.5 Å². The van der Waals surface area contributed by atoms with Crippen LogP contribution in [0.5, 0.6) is 0 Å². The fraction of sp³-hybridized carbons (Fsp3) is 0.500. The molecule has 0 spiro atoms. The van der Waals surface area contributed by atoms with Crippen molar-refractivity contribution in [1.29, 1.82) is 0 Å². The van der Waals surface area contributed by atoms with Crippen LogP contribution in [0.15, 0.2) is 16.9 Å². The summed E-state index contributed by atoms with van der Waals surface area (Å²) < 4.78 is 8.01. The molecule has 0 aliphatic heterocycles. The third-order valence-electron chi connectivity index (χ3n) is 3.17. The minimum absolute atomic E-state index is 0.190. The molecule has 1 atom stereocenters. The zero-order chi connectivity index (χ0) is 14.7. The van der Waals surface area contributed by atoms with E-state index >= 15 is 0 Å². The molecule has 1 unspecified atom stereocenters. The fourth-order valence-corrected chi connectivity index (χ4v) is 2.65. The maximum Gasteiger partial charge on any atom is 0.303 e. The standard InChI is InChI=1S/C14H18BrN3O2/c1-4-5-9(2)18-12-6-13(15)16-7-11(12)17-14(18)8-20-10(3)19/h6-7,9H,4-5,8H2,1-3H3. The number of carbonyl (C=O) groups is 1. The molecule has 0 saturated carbocycles. The van der Waals surface area contributed by atoms with Crippen molar-refractivity contribution in [3.63, 3.8) is 0 Å². The Morgan fingerprint density at radius 1 is 1.55 bits per heavy atom. The predicted molar refractivity (Wildman–Crippen MR) is 80.3 cm³/mol. The average Bonchev–Trinajstić information content (AvgIpc) is 2.74. The van der Waals surface area contributed by atoms with Gasteiger partial charge in [0, 0.05) is 13.0 Å². The molecule has 108 valence electrons. The zero-order valence-corrected chi connectivity index (χ0v) is 13.5. The van der Waals surface area contributed by atoms with Crippen molar-refractivity contribution in [2.24, 2.45) is 0 Å². The van der Waals surface area contributed by atoms with Crippen LogP contribution in [-0.2, 0) is 16.1 Å². The average molecular weight is 340 g/mol. The molecular formula is C14H18BrN3O2. The Morgan fingerprint density at radius 3 is 2.95 bits per heavy atom. The number of hydrogen-bond acceptors (Lipinski definition) is 4. The van der Waals surface area contributed by atoms with Crippen LogP contribution in [0, 0.1) is 0 Å². The first kappa shape index (κ1) is 15.0. The first-order valence-corrected chi connectivity index (χ1v) is 7.48. The number of imidazole rings is 1. The Kier molecular flexibility index (Phi) is 4.75. The lowest BCUT2D eigenvalue weighted by atomic mass is 10.2. The molecule has 0 fully saturated rings. The van der Waals surface area contributed by atoms with E-state index < -0.39 is 0 Å². The van der Waals surface area contributed by atoms with E-state index in [4.69, 9.17) is 4.74 Å². The summed E-state index contributed by atoms with van der Waals surface area (Å²) >= 11 is 3.39. The molecule has 5 nitrogen and oxygen atoms in total. The number of rotatable bonds is 5. The normalized spacial score (nSPS) is 12.6. The van der Waals surface area contributed by atoms with Crippen LogP contribution in [0.2, 0.25) is 0 Å². The molecule has 2 aromatic rings. The molecule has 0 aliphatic rings. The minimum atomic E-state index is -0.300. The smallest absolute Gasteiger partial charge is 0.303 e. The van der Waals surface area contributed by atoms with Crippen LogP contribution >= 0.6 is 15.9 Å². The Labute approximate surface area is 126 Å². The molecule has 2 rings (SSSR count). The van der Waals surface area contributed by atoms with Gasteiger partial charge in [-0.15, -0.1) is 0 Å². The maximum atomic E-state index is 11.0. The van der Waals surface area contributed by atoms with E-state index in [1.165, 1.54) is 6.92 Å². The second-order valence-electron chi connectivity index (χ2n) is 4.81. The van der Waals surface area contributed by atoms with Crippen molar-refractivity contribution in [2.75, 3.05) is 0 Å². The number of esters is 1. The van der Waals surface area contributed by atoms with Gasteiger partial charge in [-0.1, -0.05) is 13.3 Å². The van der Waals surface area contributed by atoms with Gasteiger partial charge in [-0.25, -0.2) is 9.97 Å². The van der Waals surface area contributed by atoms with Gasteiger partial charge in [-0.2, -0.15) is 0 Å². The lowest BCUT2D eigenvalue weighted by molar-refractivity contribution is -0.142. The number of fused-ring (bicyclic) bond motifs is 1. The van der Waals surface area contributed by atoms with Crippen molar-refractivity contribution >= 4 is 32.9 Å². The number of nitrogens with zero attached hydrogens (tertiary/aromatic N) is 3. The van der Waals surface area contributed by atoms with Gasteiger partial charge in [0.2, 0.25) is 0 Å². The van der Waals surface area contributed by atoms with Crippen LogP contribution < -0.4 is 0 Å². The zero-order valence-electron chi connectivity index (χ0n) is 11.9. The van der Waals surface area contributed by atoms with Gasteiger partial charge < -0.3 is 9.30 Å². The Bertz CT molecular complexity index is 624. The van der Waals surface area contributed by atoms with Crippen LogP contribution in [0.4, 0.5) is 0 Å². The van der Waals surface area contributed by atoms with E-state index in [0.717, 1.165) is 34.3 Å². The molecular weight excluding hydrogens is 322 g/mol. The van der Waals surface area contributed by atoms with Gasteiger partial charge in [-0.05, 0) is 35.3 Å². The molecule has 2 aromatic heterocycles. The van der Waals surface area contributed by atoms with Crippen LogP contribution in [0.25, 0.3) is 11.0 Å². The van der Waals surface area contributed by atoms with E-state index in [-0.39, 0.29) is 12.6 Å². The summed E-state index contributed by atoms with van der Waals surface area (Å²) in [7, 11) is 0. The molecule has 0 aliphatic carbocycles. The summed E-state index contributed by atoms with van der Waals surface area (Å²) in [5.41, 5.74) is 1.83. The molecule has 0 amide bonds. The van der Waals surface area contributed by atoms with Gasteiger partial charge in [0.1, 0.15) is 22.6 Å². The molecule has 6 heteroatoms. The Balaban J connectivity index is 2.48. The SMILES string of the molecule is CCCC(C)n1c(COC(C)=O)nc2cnc(Br)cc21. The van der Waals surface area contributed by atoms with Crippen molar-refractivity contribution in [3.05, 3.63) is 22.7 Å². The topological polar surface area (TPSA) is 57.0 Å². The third kappa shape index (κ3) is 3.17. The van der Waals surface area contributed by atoms with Crippen LogP contribution in [0.1, 0.15) is 45.5 Å². The number of halogens is 1. The van der Waals surface area contributed by atoms with E-state index in [2.05, 4.69) is 44.3 Å². The highest BCUT2D eigenvalue weighted by Gasteiger charge is 2.17. The van der Waals surface area contributed by atoms with Gasteiger partial charge in [0.05, 0.1) is 11.7 Å². The highest BCUT2D eigenvalue weighted by molar-refractivity contribution is 9.10. The highest BCUT2D eigenvalue weighted by Crippen LogP contribution is 2.25. The Morgan fingerprint density at radius 2 is 2.30 bits per heavy atom.